The van der Waals surface area contributed by atoms with Gasteiger partial charge in [0.25, 0.3) is 0 Å². The van der Waals surface area contributed by atoms with Gasteiger partial charge in [0, 0.05) is 13.0 Å². The van der Waals surface area contributed by atoms with Gasteiger partial charge in [0.15, 0.2) is 0 Å². The first-order valence-corrected chi connectivity index (χ1v) is 4.91. The Morgan fingerprint density at radius 3 is 3.07 bits per heavy atom. The predicted octanol–water partition coefficient (Wildman–Crippen LogP) is 1.57. The molecule has 0 spiro atoms. The van der Waals surface area contributed by atoms with E-state index in [-0.39, 0.29) is 5.91 Å². The number of carbonyl (C=O) groups is 1. The number of nitrogen functional groups attached to an aromatic ring is 1. The van der Waals surface area contributed by atoms with Gasteiger partial charge in [-0.3, -0.25) is 4.79 Å². The summed E-state index contributed by atoms with van der Waals surface area (Å²) in [6.07, 6.45) is 1.46. The molecule has 0 aliphatic carbocycles. The number of nitrogens with two attached hydrogens (primary N) is 1. The molecule has 0 saturated heterocycles. The highest BCUT2D eigenvalue weighted by Crippen LogP contribution is 2.33. The highest BCUT2D eigenvalue weighted by Gasteiger charge is 2.24. The first-order valence-electron chi connectivity index (χ1n) is 4.91. The second-order valence-electron chi connectivity index (χ2n) is 3.50. The molecule has 0 atom stereocenters. The summed E-state index contributed by atoms with van der Waals surface area (Å²) in [6, 6.07) is 5.82. The molecular formula is C11H14N2O. The molecule has 1 aliphatic heterocycles. The molecule has 3 nitrogen and oxygen atoms in total. The van der Waals surface area contributed by atoms with Gasteiger partial charge < -0.3 is 10.6 Å². The molecule has 0 aromatic heterocycles. The third-order valence-electron chi connectivity index (χ3n) is 2.63. The molecule has 0 unspecified atom stereocenters. The topological polar surface area (TPSA) is 46.3 Å². The molecule has 1 amide bonds. The van der Waals surface area contributed by atoms with Gasteiger partial charge in [0.2, 0.25) is 5.91 Å². The standard InChI is InChI=1S/C11H14N2O/c1-2-10(14)13-7-6-8-4-3-5-9(12)11(8)13/h3-5H,2,6-7,12H2,1H3. The fourth-order valence-corrected chi connectivity index (χ4v) is 1.93. The average molecular weight is 190 g/mol. The van der Waals surface area contributed by atoms with Crippen molar-refractivity contribution < 1.29 is 4.79 Å². The summed E-state index contributed by atoms with van der Waals surface area (Å²) in [7, 11) is 0. The van der Waals surface area contributed by atoms with Crippen LogP contribution < -0.4 is 10.6 Å². The molecule has 0 saturated carbocycles. The quantitative estimate of drug-likeness (QED) is 0.683. The smallest absolute Gasteiger partial charge is 0.226 e. The summed E-state index contributed by atoms with van der Waals surface area (Å²) in [5.41, 5.74) is 8.69. The van der Waals surface area contributed by atoms with Crippen LogP contribution in [0.3, 0.4) is 0 Å². The Balaban J connectivity index is 2.43. The molecule has 1 aromatic rings. The zero-order chi connectivity index (χ0) is 10.1. The van der Waals surface area contributed by atoms with Gasteiger partial charge in [-0.1, -0.05) is 19.1 Å². The highest BCUT2D eigenvalue weighted by molar-refractivity contribution is 5.98. The summed E-state index contributed by atoms with van der Waals surface area (Å²) >= 11 is 0. The molecule has 3 heteroatoms. The molecule has 74 valence electrons. The monoisotopic (exact) mass is 190 g/mol. The van der Waals surface area contributed by atoms with Gasteiger partial charge >= 0.3 is 0 Å². The minimum Gasteiger partial charge on any atom is -0.397 e. The minimum absolute atomic E-state index is 0.154. The lowest BCUT2D eigenvalue weighted by atomic mass is 10.1. The van der Waals surface area contributed by atoms with E-state index in [1.807, 2.05) is 25.1 Å². The normalized spacial score (nSPS) is 14.2. The van der Waals surface area contributed by atoms with Crippen LogP contribution in [0.25, 0.3) is 0 Å². The van der Waals surface area contributed by atoms with E-state index in [0.29, 0.717) is 12.1 Å². The Hall–Kier alpha value is -1.51. The van der Waals surface area contributed by atoms with Crippen molar-refractivity contribution >= 4 is 17.3 Å². The fourth-order valence-electron chi connectivity index (χ4n) is 1.93. The minimum atomic E-state index is 0.154. The Bertz CT molecular complexity index is 374. The summed E-state index contributed by atoms with van der Waals surface area (Å²) in [6.45, 7) is 2.65. The van der Waals surface area contributed by atoms with Gasteiger partial charge in [-0.2, -0.15) is 0 Å². The van der Waals surface area contributed by atoms with E-state index in [4.69, 9.17) is 5.73 Å². The summed E-state index contributed by atoms with van der Waals surface area (Å²) in [5.74, 6) is 0.154. The molecule has 2 N–H and O–H groups in total. The number of amides is 1. The van der Waals surface area contributed by atoms with E-state index in [9.17, 15) is 4.79 Å². The van der Waals surface area contributed by atoms with E-state index in [2.05, 4.69) is 0 Å². The van der Waals surface area contributed by atoms with Crippen molar-refractivity contribution in [1.82, 2.24) is 0 Å². The maximum atomic E-state index is 11.6. The van der Waals surface area contributed by atoms with E-state index in [0.717, 1.165) is 18.7 Å². The van der Waals surface area contributed by atoms with Crippen molar-refractivity contribution in [2.24, 2.45) is 0 Å². The van der Waals surface area contributed by atoms with Crippen LogP contribution in [0.4, 0.5) is 11.4 Å². The Morgan fingerprint density at radius 1 is 1.57 bits per heavy atom. The van der Waals surface area contributed by atoms with E-state index >= 15 is 0 Å². The van der Waals surface area contributed by atoms with E-state index in [1.54, 1.807) is 4.90 Å². The molecule has 1 heterocycles. The van der Waals surface area contributed by atoms with Gasteiger partial charge in [0.1, 0.15) is 0 Å². The zero-order valence-corrected chi connectivity index (χ0v) is 8.29. The maximum absolute atomic E-state index is 11.6. The molecule has 0 bridgehead atoms. The Morgan fingerprint density at radius 2 is 2.36 bits per heavy atom. The van der Waals surface area contributed by atoms with Gasteiger partial charge in [-0.15, -0.1) is 0 Å². The van der Waals surface area contributed by atoms with Gasteiger partial charge in [0.05, 0.1) is 11.4 Å². The number of nitrogens with zero attached hydrogens (tertiary/aromatic N) is 1. The van der Waals surface area contributed by atoms with E-state index in [1.165, 1.54) is 5.56 Å². The van der Waals surface area contributed by atoms with Crippen LogP contribution in [0.15, 0.2) is 18.2 Å². The van der Waals surface area contributed by atoms with Crippen molar-refractivity contribution in [3.8, 4) is 0 Å². The van der Waals surface area contributed by atoms with Crippen LogP contribution in [0.5, 0.6) is 0 Å². The van der Waals surface area contributed by atoms with Crippen molar-refractivity contribution in [3.05, 3.63) is 23.8 Å². The lowest BCUT2D eigenvalue weighted by molar-refractivity contribution is -0.118. The SMILES string of the molecule is CCC(=O)N1CCc2cccc(N)c21. The third-order valence-corrected chi connectivity index (χ3v) is 2.63. The van der Waals surface area contributed by atoms with Crippen LogP contribution in [-0.2, 0) is 11.2 Å². The Labute approximate surface area is 83.5 Å². The number of anilines is 2. The average Bonchev–Trinajstić information content (AvgIpc) is 2.62. The number of rotatable bonds is 1. The molecule has 0 fully saturated rings. The van der Waals surface area contributed by atoms with Crippen LogP contribution in [0.2, 0.25) is 0 Å². The molecule has 0 radical (unpaired) electrons. The van der Waals surface area contributed by atoms with Gasteiger partial charge in [-0.25, -0.2) is 0 Å². The number of hydrogen-bond acceptors (Lipinski definition) is 2. The van der Waals surface area contributed by atoms with Crippen LogP contribution in [0.1, 0.15) is 18.9 Å². The molecule has 1 aromatic carbocycles. The van der Waals surface area contributed by atoms with E-state index < -0.39 is 0 Å². The summed E-state index contributed by atoms with van der Waals surface area (Å²) in [4.78, 5) is 13.4. The number of hydrogen-bond donors (Lipinski definition) is 1. The predicted molar refractivity (Wildman–Crippen MR) is 57.2 cm³/mol. The van der Waals surface area contributed by atoms with Crippen LogP contribution >= 0.6 is 0 Å². The first kappa shape index (κ1) is 9.06. The highest BCUT2D eigenvalue weighted by atomic mass is 16.2. The molecule has 1 aliphatic rings. The van der Waals surface area contributed by atoms with Crippen molar-refractivity contribution in [1.29, 1.82) is 0 Å². The number of benzene rings is 1. The maximum Gasteiger partial charge on any atom is 0.226 e. The Kier molecular flexibility index (Phi) is 2.15. The largest absolute Gasteiger partial charge is 0.397 e. The number of carbonyl (C=O) groups excluding carboxylic acids is 1. The van der Waals surface area contributed by atoms with Crippen molar-refractivity contribution in [3.63, 3.8) is 0 Å². The summed E-state index contributed by atoms with van der Waals surface area (Å²) in [5, 5.41) is 0. The molecular weight excluding hydrogens is 176 g/mol. The lowest BCUT2D eigenvalue weighted by Crippen LogP contribution is -2.28. The van der Waals surface area contributed by atoms with Crippen molar-refractivity contribution in [2.45, 2.75) is 19.8 Å². The second-order valence-corrected chi connectivity index (χ2v) is 3.50. The second kappa shape index (κ2) is 3.33. The summed E-state index contributed by atoms with van der Waals surface area (Å²) < 4.78 is 0. The fraction of sp³-hybridized carbons (Fsp3) is 0.364. The van der Waals surface area contributed by atoms with Crippen molar-refractivity contribution in [2.75, 3.05) is 17.2 Å². The first-order chi connectivity index (χ1) is 6.74. The molecule has 2 rings (SSSR count). The molecule has 14 heavy (non-hydrogen) atoms. The number of para-hydroxylation sites is 1. The zero-order valence-electron chi connectivity index (χ0n) is 8.29. The van der Waals surface area contributed by atoms with Gasteiger partial charge in [-0.05, 0) is 18.1 Å². The third kappa shape index (κ3) is 1.25. The number of fused-ring (bicyclic) bond motifs is 1. The van der Waals surface area contributed by atoms with Crippen LogP contribution in [-0.4, -0.2) is 12.5 Å². The van der Waals surface area contributed by atoms with Crippen LogP contribution in [0, 0.1) is 0 Å². The lowest BCUT2D eigenvalue weighted by Gasteiger charge is -2.17.